The highest BCUT2D eigenvalue weighted by Crippen LogP contribution is 2.22. The molecule has 2 N–H and O–H groups in total. The molecule has 1 aliphatic heterocycles. The van der Waals surface area contributed by atoms with Crippen LogP contribution in [-0.4, -0.2) is 42.0 Å². The number of morpholine rings is 1. The maximum absolute atomic E-state index is 12.7. The highest BCUT2D eigenvalue weighted by Gasteiger charge is 2.17. The molecule has 0 unspecified atom stereocenters. The fraction of sp³-hybridized carbons (Fsp3) is 0.273. The van der Waals surface area contributed by atoms with Crippen molar-refractivity contribution in [3.05, 3.63) is 71.5 Å². The number of nitrogens with zero attached hydrogens (tertiary/aromatic N) is 2. The predicted octanol–water partition coefficient (Wildman–Crippen LogP) is 3.70. The van der Waals surface area contributed by atoms with Crippen molar-refractivity contribution < 1.29 is 23.0 Å². The Hall–Kier alpha value is -3.30. The second kappa shape index (κ2) is 9.23. The van der Waals surface area contributed by atoms with Crippen molar-refractivity contribution in [1.29, 1.82) is 0 Å². The van der Waals surface area contributed by atoms with Gasteiger partial charge in [0.25, 0.3) is 5.91 Å². The zero-order valence-corrected chi connectivity index (χ0v) is 16.8. The van der Waals surface area contributed by atoms with E-state index in [1.165, 1.54) is 16.8 Å². The van der Waals surface area contributed by atoms with Crippen LogP contribution in [0.5, 0.6) is 5.75 Å². The van der Waals surface area contributed by atoms with Gasteiger partial charge < -0.3 is 20.1 Å². The largest absolute Gasteiger partial charge is 0.435 e. The maximum Gasteiger partial charge on any atom is 0.387 e. The van der Waals surface area contributed by atoms with E-state index in [-0.39, 0.29) is 17.8 Å². The van der Waals surface area contributed by atoms with E-state index < -0.39 is 6.61 Å². The Morgan fingerprint density at radius 3 is 2.61 bits per heavy atom. The fourth-order valence-electron chi connectivity index (χ4n) is 3.35. The summed E-state index contributed by atoms with van der Waals surface area (Å²) < 4.78 is 36.2. The molecule has 9 heteroatoms. The SMILES string of the molecule is Cc1nn(-c2ccc(OC(F)F)cc2)cc1C(=O)Nc1ccc([C@H]2CNCCO2)cc1. The zero-order valence-electron chi connectivity index (χ0n) is 16.8. The van der Waals surface area contributed by atoms with Crippen LogP contribution in [-0.2, 0) is 4.74 Å². The first kappa shape index (κ1) is 21.0. The number of hydrogen-bond donors (Lipinski definition) is 2. The van der Waals surface area contributed by atoms with Gasteiger partial charge in [0.2, 0.25) is 0 Å². The molecule has 0 spiro atoms. The van der Waals surface area contributed by atoms with E-state index >= 15 is 0 Å². The minimum atomic E-state index is -2.88. The van der Waals surface area contributed by atoms with Crippen molar-refractivity contribution in [3.63, 3.8) is 0 Å². The zero-order chi connectivity index (χ0) is 21.8. The van der Waals surface area contributed by atoms with Crippen LogP contribution in [0.4, 0.5) is 14.5 Å². The van der Waals surface area contributed by atoms with E-state index in [9.17, 15) is 13.6 Å². The molecule has 1 atom stereocenters. The van der Waals surface area contributed by atoms with Gasteiger partial charge in [-0.3, -0.25) is 4.79 Å². The number of nitrogens with one attached hydrogen (secondary N) is 2. The van der Waals surface area contributed by atoms with E-state index in [0.717, 1.165) is 18.7 Å². The summed E-state index contributed by atoms with van der Waals surface area (Å²) in [5.41, 5.74) is 3.29. The summed E-state index contributed by atoms with van der Waals surface area (Å²) in [7, 11) is 0. The second-order valence-electron chi connectivity index (χ2n) is 7.08. The number of amides is 1. The molecule has 1 saturated heterocycles. The number of rotatable bonds is 6. The minimum Gasteiger partial charge on any atom is -0.435 e. The molecule has 4 rings (SSSR count). The van der Waals surface area contributed by atoms with Crippen LogP contribution in [0.1, 0.15) is 27.7 Å². The molecular formula is C22H22F2N4O3. The van der Waals surface area contributed by atoms with E-state index in [1.807, 2.05) is 24.3 Å². The molecule has 0 saturated carbocycles. The Balaban J connectivity index is 1.44. The lowest BCUT2D eigenvalue weighted by atomic mass is 10.1. The van der Waals surface area contributed by atoms with Gasteiger partial charge in [-0.2, -0.15) is 13.9 Å². The second-order valence-corrected chi connectivity index (χ2v) is 7.08. The van der Waals surface area contributed by atoms with Crippen molar-refractivity contribution in [3.8, 4) is 11.4 Å². The van der Waals surface area contributed by atoms with Crippen molar-refractivity contribution in [2.75, 3.05) is 25.0 Å². The average molecular weight is 428 g/mol. The number of aromatic nitrogens is 2. The van der Waals surface area contributed by atoms with Crippen molar-refractivity contribution in [2.45, 2.75) is 19.6 Å². The number of carbonyl (C=O) groups excluding carboxylic acids is 1. The fourth-order valence-corrected chi connectivity index (χ4v) is 3.35. The molecule has 1 aromatic heterocycles. The Bertz CT molecular complexity index is 1030. The first-order chi connectivity index (χ1) is 15.0. The predicted molar refractivity (Wildman–Crippen MR) is 111 cm³/mol. The third-order valence-corrected chi connectivity index (χ3v) is 4.94. The number of halogens is 2. The van der Waals surface area contributed by atoms with Crippen molar-refractivity contribution in [1.82, 2.24) is 15.1 Å². The smallest absolute Gasteiger partial charge is 0.387 e. The number of benzene rings is 2. The van der Waals surface area contributed by atoms with Crippen LogP contribution < -0.4 is 15.4 Å². The monoisotopic (exact) mass is 428 g/mol. The van der Waals surface area contributed by atoms with Crippen LogP contribution >= 0.6 is 0 Å². The number of alkyl halides is 2. The number of anilines is 1. The van der Waals surface area contributed by atoms with Gasteiger partial charge in [0.05, 0.1) is 29.7 Å². The lowest BCUT2D eigenvalue weighted by Crippen LogP contribution is -2.33. The molecule has 162 valence electrons. The molecule has 3 aromatic rings. The molecule has 2 aromatic carbocycles. The summed E-state index contributed by atoms with van der Waals surface area (Å²) in [5, 5.41) is 10.5. The Morgan fingerprint density at radius 1 is 1.23 bits per heavy atom. The highest BCUT2D eigenvalue weighted by atomic mass is 19.3. The highest BCUT2D eigenvalue weighted by molar-refractivity contribution is 6.04. The Labute approximate surface area is 178 Å². The number of hydrogen-bond acceptors (Lipinski definition) is 5. The van der Waals surface area contributed by atoms with Gasteiger partial charge in [-0.05, 0) is 48.9 Å². The van der Waals surface area contributed by atoms with E-state index in [4.69, 9.17) is 4.74 Å². The molecule has 7 nitrogen and oxygen atoms in total. The number of ether oxygens (including phenoxy) is 2. The van der Waals surface area contributed by atoms with Gasteiger partial charge >= 0.3 is 6.61 Å². The van der Waals surface area contributed by atoms with Gasteiger partial charge in [-0.1, -0.05) is 12.1 Å². The van der Waals surface area contributed by atoms with Crippen LogP contribution in [0, 0.1) is 6.92 Å². The third kappa shape index (κ3) is 5.07. The van der Waals surface area contributed by atoms with E-state index in [0.29, 0.717) is 29.2 Å². The molecule has 0 radical (unpaired) electrons. The summed E-state index contributed by atoms with van der Waals surface area (Å²) in [6, 6.07) is 13.6. The summed E-state index contributed by atoms with van der Waals surface area (Å²) in [6.45, 7) is 1.14. The number of carbonyl (C=O) groups is 1. The molecule has 31 heavy (non-hydrogen) atoms. The van der Waals surface area contributed by atoms with E-state index in [1.54, 1.807) is 25.3 Å². The van der Waals surface area contributed by atoms with Crippen LogP contribution in [0.2, 0.25) is 0 Å². The normalized spacial score (nSPS) is 16.3. The average Bonchev–Trinajstić information content (AvgIpc) is 3.17. The first-order valence-corrected chi connectivity index (χ1v) is 9.85. The lowest BCUT2D eigenvalue weighted by Gasteiger charge is -2.24. The van der Waals surface area contributed by atoms with Crippen LogP contribution in [0.3, 0.4) is 0 Å². The molecule has 1 aliphatic rings. The molecular weight excluding hydrogens is 406 g/mol. The van der Waals surface area contributed by atoms with E-state index in [2.05, 4.69) is 20.5 Å². The summed E-state index contributed by atoms with van der Waals surface area (Å²) in [4.78, 5) is 12.7. The summed E-state index contributed by atoms with van der Waals surface area (Å²) >= 11 is 0. The van der Waals surface area contributed by atoms with Crippen LogP contribution in [0.25, 0.3) is 5.69 Å². The first-order valence-electron chi connectivity index (χ1n) is 9.85. The molecule has 0 aliphatic carbocycles. The summed E-state index contributed by atoms with van der Waals surface area (Å²) in [5.74, 6) is -0.233. The minimum absolute atomic E-state index is 0.0106. The molecule has 0 bridgehead atoms. The van der Waals surface area contributed by atoms with Gasteiger partial charge in [0.1, 0.15) is 5.75 Å². The van der Waals surface area contributed by atoms with Gasteiger partial charge in [-0.25, -0.2) is 4.68 Å². The molecule has 1 fully saturated rings. The van der Waals surface area contributed by atoms with Gasteiger partial charge in [-0.15, -0.1) is 0 Å². The quantitative estimate of drug-likeness (QED) is 0.626. The maximum atomic E-state index is 12.7. The topological polar surface area (TPSA) is 77.4 Å². The van der Waals surface area contributed by atoms with Crippen molar-refractivity contribution >= 4 is 11.6 Å². The number of aryl methyl sites for hydroxylation is 1. The Morgan fingerprint density at radius 2 is 1.97 bits per heavy atom. The molecule has 2 heterocycles. The van der Waals surface area contributed by atoms with Crippen molar-refractivity contribution in [2.24, 2.45) is 0 Å². The summed E-state index contributed by atoms with van der Waals surface area (Å²) in [6.07, 6.45) is 1.61. The lowest BCUT2D eigenvalue weighted by molar-refractivity contribution is -0.0498. The van der Waals surface area contributed by atoms with Gasteiger partial charge in [0, 0.05) is 25.0 Å². The van der Waals surface area contributed by atoms with Crippen LogP contribution in [0.15, 0.2) is 54.7 Å². The third-order valence-electron chi connectivity index (χ3n) is 4.94. The Kier molecular flexibility index (Phi) is 6.24. The van der Waals surface area contributed by atoms with Gasteiger partial charge in [0.15, 0.2) is 0 Å². The molecule has 1 amide bonds. The standard InChI is InChI=1S/C22H22F2N4O3/c1-14-19(13-28(27-14)17-6-8-18(9-7-17)31-22(23)24)21(29)26-16-4-2-15(3-5-16)20-12-25-10-11-30-20/h2-9,13,20,22,25H,10-12H2,1H3,(H,26,29)/t20-/m1/s1.